The molecule has 1 aliphatic rings. The van der Waals surface area contributed by atoms with Gasteiger partial charge in [0.2, 0.25) is 0 Å². The number of ether oxygens (including phenoxy) is 1. The molecular weight excluding hydrogens is 292 g/mol. The van der Waals surface area contributed by atoms with Gasteiger partial charge in [0, 0.05) is 33.3 Å². The summed E-state index contributed by atoms with van der Waals surface area (Å²) in [4.78, 5) is 4.82. The Morgan fingerprint density at radius 3 is 2.57 bits per heavy atom. The van der Waals surface area contributed by atoms with Crippen LogP contribution in [0.1, 0.15) is 17.4 Å². The zero-order valence-corrected chi connectivity index (χ0v) is 13.8. The van der Waals surface area contributed by atoms with E-state index in [0.717, 1.165) is 32.0 Å². The lowest BCUT2D eigenvalue weighted by molar-refractivity contribution is 0.119. The van der Waals surface area contributed by atoms with Crippen LogP contribution in [0.2, 0.25) is 0 Å². The number of aromatic nitrogens is 4. The first kappa shape index (κ1) is 16.0. The van der Waals surface area contributed by atoms with E-state index in [0.29, 0.717) is 13.2 Å². The molecular formula is C16H24N6O. The average molecular weight is 316 g/mol. The van der Waals surface area contributed by atoms with Gasteiger partial charge in [-0.2, -0.15) is 0 Å². The van der Waals surface area contributed by atoms with Crippen molar-refractivity contribution in [1.82, 2.24) is 30.0 Å². The minimum atomic E-state index is 0.0803. The molecule has 0 bridgehead atoms. The van der Waals surface area contributed by atoms with E-state index in [2.05, 4.69) is 56.6 Å². The molecule has 2 aromatic rings. The van der Waals surface area contributed by atoms with Crippen LogP contribution in [0.25, 0.3) is 0 Å². The second-order valence-electron chi connectivity index (χ2n) is 5.91. The van der Waals surface area contributed by atoms with E-state index in [1.165, 1.54) is 5.56 Å². The van der Waals surface area contributed by atoms with E-state index < -0.39 is 0 Å². The summed E-state index contributed by atoms with van der Waals surface area (Å²) >= 11 is 0. The molecule has 1 fully saturated rings. The number of tetrazole rings is 1. The summed E-state index contributed by atoms with van der Waals surface area (Å²) in [5.41, 5.74) is 1.23. The second kappa shape index (κ2) is 7.63. The lowest BCUT2D eigenvalue weighted by atomic mass is 10.0. The van der Waals surface area contributed by atoms with Crippen LogP contribution < -0.4 is 0 Å². The van der Waals surface area contributed by atoms with Gasteiger partial charge in [0.1, 0.15) is 0 Å². The summed E-state index contributed by atoms with van der Waals surface area (Å²) in [6.07, 6.45) is 0. The van der Waals surface area contributed by atoms with Crippen molar-refractivity contribution in [1.29, 1.82) is 0 Å². The molecule has 1 aromatic heterocycles. The smallest absolute Gasteiger partial charge is 0.173 e. The van der Waals surface area contributed by atoms with Crippen LogP contribution in [0.4, 0.5) is 0 Å². The van der Waals surface area contributed by atoms with Crippen molar-refractivity contribution >= 4 is 0 Å². The number of nitrogens with zero attached hydrogens (tertiary/aromatic N) is 6. The third kappa shape index (κ3) is 3.74. The quantitative estimate of drug-likeness (QED) is 0.780. The molecule has 0 unspecified atom stereocenters. The molecule has 1 atom stereocenters. The first-order valence-electron chi connectivity index (χ1n) is 8.02. The van der Waals surface area contributed by atoms with Crippen molar-refractivity contribution in [3.63, 3.8) is 0 Å². The van der Waals surface area contributed by atoms with E-state index in [4.69, 9.17) is 4.74 Å². The van der Waals surface area contributed by atoms with Crippen molar-refractivity contribution in [3.05, 3.63) is 41.7 Å². The Bertz CT molecular complexity index is 594. The summed E-state index contributed by atoms with van der Waals surface area (Å²) in [5.74, 6) is 0.887. The molecule has 7 heteroatoms. The third-order valence-electron chi connectivity index (χ3n) is 4.33. The molecule has 2 heterocycles. The summed E-state index contributed by atoms with van der Waals surface area (Å²) in [6.45, 7) is 5.39. The first-order valence-corrected chi connectivity index (χ1v) is 8.02. The molecule has 23 heavy (non-hydrogen) atoms. The normalized spacial score (nSPS) is 18.2. The van der Waals surface area contributed by atoms with Gasteiger partial charge in [0.05, 0.1) is 19.2 Å². The highest BCUT2D eigenvalue weighted by atomic mass is 16.5. The number of hydrogen-bond acceptors (Lipinski definition) is 6. The number of hydrogen-bond donors (Lipinski definition) is 0. The molecule has 0 aliphatic carbocycles. The number of benzene rings is 1. The van der Waals surface area contributed by atoms with Gasteiger partial charge >= 0.3 is 0 Å². The maximum Gasteiger partial charge on any atom is 0.173 e. The van der Waals surface area contributed by atoms with Crippen LogP contribution in [0.5, 0.6) is 0 Å². The Kier molecular flexibility index (Phi) is 5.32. The van der Waals surface area contributed by atoms with Gasteiger partial charge in [0.25, 0.3) is 0 Å². The largest absolute Gasteiger partial charge is 0.383 e. The fourth-order valence-electron chi connectivity index (χ4n) is 2.98. The Hall–Kier alpha value is -1.83. The predicted octanol–water partition coefficient (Wildman–Crippen LogP) is 0.656. The van der Waals surface area contributed by atoms with Crippen molar-refractivity contribution in [2.45, 2.75) is 12.6 Å². The minimum Gasteiger partial charge on any atom is -0.383 e. The fourth-order valence-corrected chi connectivity index (χ4v) is 2.98. The predicted molar refractivity (Wildman–Crippen MR) is 87.0 cm³/mol. The zero-order valence-electron chi connectivity index (χ0n) is 13.8. The van der Waals surface area contributed by atoms with E-state index >= 15 is 0 Å². The zero-order chi connectivity index (χ0) is 16.1. The van der Waals surface area contributed by atoms with Crippen LogP contribution in [0, 0.1) is 0 Å². The van der Waals surface area contributed by atoms with E-state index in [-0.39, 0.29) is 6.04 Å². The molecule has 1 aliphatic heterocycles. The number of rotatable bonds is 6. The lowest BCUT2D eigenvalue weighted by Crippen LogP contribution is -2.46. The van der Waals surface area contributed by atoms with E-state index in [1.54, 1.807) is 7.11 Å². The summed E-state index contributed by atoms with van der Waals surface area (Å²) in [5, 5.41) is 12.4. The van der Waals surface area contributed by atoms with Gasteiger partial charge < -0.3 is 9.64 Å². The Morgan fingerprint density at radius 2 is 1.87 bits per heavy atom. The molecule has 0 radical (unpaired) electrons. The number of likely N-dealkylation sites (N-methyl/N-ethyl adjacent to an activating group) is 1. The summed E-state index contributed by atoms with van der Waals surface area (Å²) in [6, 6.07) is 10.6. The SMILES string of the molecule is COCCn1nnnc1[C@@H](c1ccccc1)N1CCN(C)CC1. The topological polar surface area (TPSA) is 59.3 Å². The second-order valence-corrected chi connectivity index (χ2v) is 5.91. The van der Waals surface area contributed by atoms with Gasteiger partial charge in [-0.3, -0.25) is 4.90 Å². The molecule has 1 saturated heterocycles. The molecule has 1 aromatic carbocycles. The molecule has 0 saturated carbocycles. The Morgan fingerprint density at radius 1 is 1.13 bits per heavy atom. The molecule has 0 amide bonds. The van der Waals surface area contributed by atoms with Crippen molar-refractivity contribution in [2.24, 2.45) is 0 Å². The van der Waals surface area contributed by atoms with Gasteiger partial charge in [-0.15, -0.1) is 5.10 Å². The van der Waals surface area contributed by atoms with Crippen LogP contribution in [-0.4, -0.2) is 77.0 Å². The summed E-state index contributed by atoms with van der Waals surface area (Å²) < 4.78 is 7.04. The maximum absolute atomic E-state index is 5.18. The minimum absolute atomic E-state index is 0.0803. The van der Waals surface area contributed by atoms with Crippen LogP contribution in [0.3, 0.4) is 0 Å². The monoisotopic (exact) mass is 316 g/mol. The molecule has 7 nitrogen and oxygen atoms in total. The maximum atomic E-state index is 5.18. The number of methoxy groups -OCH3 is 1. The lowest BCUT2D eigenvalue weighted by Gasteiger charge is -2.37. The average Bonchev–Trinajstić information content (AvgIpc) is 3.04. The van der Waals surface area contributed by atoms with Gasteiger partial charge in [-0.25, -0.2) is 4.68 Å². The van der Waals surface area contributed by atoms with Gasteiger partial charge in [-0.05, 0) is 23.0 Å². The van der Waals surface area contributed by atoms with Crippen molar-refractivity contribution in [2.75, 3.05) is 46.9 Å². The van der Waals surface area contributed by atoms with Crippen LogP contribution in [0.15, 0.2) is 30.3 Å². The molecule has 3 rings (SSSR count). The fraction of sp³-hybridized carbons (Fsp3) is 0.562. The summed E-state index contributed by atoms with van der Waals surface area (Å²) in [7, 11) is 3.86. The van der Waals surface area contributed by atoms with Crippen LogP contribution in [-0.2, 0) is 11.3 Å². The highest BCUT2D eigenvalue weighted by Crippen LogP contribution is 2.27. The highest BCUT2D eigenvalue weighted by Gasteiger charge is 2.29. The van der Waals surface area contributed by atoms with Crippen molar-refractivity contribution in [3.8, 4) is 0 Å². The third-order valence-corrected chi connectivity index (χ3v) is 4.33. The van der Waals surface area contributed by atoms with Gasteiger partial charge in [-0.1, -0.05) is 30.3 Å². The standard InChI is InChI=1S/C16H24N6O/c1-20-8-10-21(11-9-20)15(14-6-4-3-5-7-14)16-17-18-19-22(16)12-13-23-2/h3-7,15H,8-13H2,1-2H3/t15-/m1/s1. The number of piperazine rings is 1. The van der Waals surface area contributed by atoms with Crippen LogP contribution >= 0.6 is 0 Å². The van der Waals surface area contributed by atoms with E-state index in [1.807, 2.05) is 10.7 Å². The Balaban J connectivity index is 1.91. The van der Waals surface area contributed by atoms with E-state index in [9.17, 15) is 0 Å². The molecule has 124 valence electrons. The van der Waals surface area contributed by atoms with Crippen molar-refractivity contribution < 1.29 is 4.74 Å². The first-order chi connectivity index (χ1) is 11.3. The molecule has 0 spiro atoms. The van der Waals surface area contributed by atoms with Gasteiger partial charge in [0.15, 0.2) is 5.82 Å². The molecule has 0 N–H and O–H groups in total. The Labute approximate surface area is 136 Å². The highest BCUT2D eigenvalue weighted by molar-refractivity contribution is 5.24.